The van der Waals surface area contributed by atoms with Crippen LogP contribution in [0.2, 0.25) is 0 Å². The van der Waals surface area contributed by atoms with Crippen molar-refractivity contribution in [3.05, 3.63) is 101 Å². The molecule has 1 aliphatic rings. The van der Waals surface area contributed by atoms with Crippen molar-refractivity contribution < 1.29 is 28.6 Å². The average molecular weight is 498 g/mol. The summed E-state index contributed by atoms with van der Waals surface area (Å²) in [5.74, 6) is -0.495. The molecule has 1 aromatic heterocycles. The number of Topliss-reactive ketones (excluding diaryl/α,β-unsaturated/α-hetero) is 2. The second-order valence-corrected chi connectivity index (χ2v) is 9.45. The normalized spacial score (nSPS) is 13.8. The fraction of sp³-hybridized carbons (Fsp3) is 0.200. The quantitative estimate of drug-likeness (QED) is 0.291. The number of ketones is 2. The number of aryl methyl sites for hydroxylation is 1. The number of hydrogen-bond donors (Lipinski definition) is 1. The number of aromatic nitrogens is 1. The number of fused-ring (bicyclic) bond motifs is 1. The van der Waals surface area contributed by atoms with Crippen LogP contribution in [0.25, 0.3) is 10.9 Å². The highest BCUT2D eigenvalue weighted by Crippen LogP contribution is 2.48. The van der Waals surface area contributed by atoms with Crippen LogP contribution in [0.1, 0.15) is 39.9 Å². The largest absolute Gasteiger partial charge is 0.478 e. The van der Waals surface area contributed by atoms with E-state index in [2.05, 4.69) is 4.98 Å². The third-order valence-corrected chi connectivity index (χ3v) is 6.89. The minimum Gasteiger partial charge on any atom is -0.478 e. The molecule has 0 unspecified atom stereocenters. The lowest BCUT2D eigenvalue weighted by atomic mass is 9.88. The fourth-order valence-corrected chi connectivity index (χ4v) is 4.55. The summed E-state index contributed by atoms with van der Waals surface area (Å²) in [7, 11) is 0. The summed E-state index contributed by atoms with van der Waals surface area (Å²) in [5.41, 5.74) is 1.85. The van der Waals surface area contributed by atoms with Crippen molar-refractivity contribution in [1.29, 1.82) is 0 Å². The Morgan fingerprint density at radius 1 is 0.919 bits per heavy atom. The maximum atomic E-state index is 13.1. The molecule has 0 radical (unpaired) electrons. The average Bonchev–Trinajstić information content (AvgIpc) is 3.69. The van der Waals surface area contributed by atoms with E-state index in [0.29, 0.717) is 46.4 Å². The van der Waals surface area contributed by atoms with E-state index in [4.69, 9.17) is 4.74 Å². The minimum atomic E-state index is -1.01. The Hall–Kier alpha value is -4.39. The predicted molar refractivity (Wildman–Crippen MR) is 135 cm³/mol. The highest BCUT2D eigenvalue weighted by molar-refractivity contribution is 6.11. The van der Waals surface area contributed by atoms with Crippen molar-refractivity contribution >= 4 is 28.4 Å². The molecular formula is C30H24FNO5. The van der Waals surface area contributed by atoms with Crippen LogP contribution in [0.4, 0.5) is 4.39 Å². The van der Waals surface area contributed by atoms with Gasteiger partial charge in [-0.3, -0.25) is 14.6 Å². The van der Waals surface area contributed by atoms with Gasteiger partial charge in [-0.25, -0.2) is 9.18 Å². The first kappa shape index (κ1) is 24.3. The molecule has 3 aromatic carbocycles. The molecule has 4 aromatic rings. The van der Waals surface area contributed by atoms with Gasteiger partial charge in [-0.2, -0.15) is 0 Å². The van der Waals surface area contributed by atoms with Gasteiger partial charge in [0.2, 0.25) is 0 Å². The van der Waals surface area contributed by atoms with E-state index in [-0.39, 0.29) is 35.8 Å². The first-order valence-corrected chi connectivity index (χ1v) is 12.0. The van der Waals surface area contributed by atoms with Crippen LogP contribution < -0.4 is 4.74 Å². The second kappa shape index (κ2) is 9.58. The molecule has 1 fully saturated rings. The molecule has 0 bridgehead atoms. The van der Waals surface area contributed by atoms with E-state index in [1.54, 1.807) is 61.7 Å². The molecule has 1 aliphatic carbocycles. The third kappa shape index (κ3) is 4.98. The topological polar surface area (TPSA) is 93.6 Å². The number of carboxylic acid groups (broad SMARTS) is 1. The van der Waals surface area contributed by atoms with Gasteiger partial charge in [-0.1, -0.05) is 24.3 Å². The van der Waals surface area contributed by atoms with Crippen molar-refractivity contribution in [2.75, 3.05) is 0 Å². The smallest absolute Gasteiger partial charge is 0.336 e. The van der Waals surface area contributed by atoms with Crippen molar-refractivity contribution in [2.24, 2.45) is 5.41 Å². The monoisotopic (exact) mass is 497 g/mol. The fourth-order valence-electron chi connectivity index (χ4n) is 4.55. The lowest BCUT2D eigenvalue weighted by molar-refractivity contribution is -0.133. The molecule has 37 heavy (non-hydrogen) atoms. The Kier molecular flexibility index (Phi) is 6.29. The van der Waals surface area contributed by atoms with E-state index >= 15 is 0 Å². The molecule has 0 amide bonds. The van der Waals surface area contributed by atoms with Gasteiger partial charge in [-0.05, 0) is 78.9 Å². The van der Waals surface area contributed by atoms with Crippen LogP contribution in [0.3, 0.4) is 0 Å². The van der Waals surface area contributed by atoms with Gasteiger partial charge in [0.25, 0.3) is 0 Å². The number of carboxylic acids is 1. The molecule has 5 rings (SSSR count). The van der Waals surface area contributed by atoms with Gasteiger partial charge < -0.3 is 9.84 Å². The van der Waals surface area contributed by atoms with E-state index in [1.807, 2.05) is 0 Å². The third-order valence-electron chi connectivity index (χ3n) is 6.89. The van der Waals surface area contributed by atoms with Crippen LogP contribution in [0.5, 0.6) is 11.5 Å². The molecule has 6 nitrogen and oxygen atoms in total. The van der Waals surface area contributed by atoms with Crippen LogP contribution in [-0.2, 0) is 22.4 Å². The summed E-state index contributed by atoms with van der Waals surface area (Å²) in [4.78, 5) is 41.6. The number of carbonyl (C=O) groups is 3. The van der Waals surface area contributed by atoms with E-state index in [1.165, 1.54) is 18.2 Å². The number of ether oxygens (including phenoxy) is 1. The van der Waals surface area contributed by atoms with Crippen LogP contribution >= 0.6 is 0 Å². The van der Waals surface area contributed by atoms with Crippen molar-refractivity contribution in [3.8, 4) is 11.5 Å². The number of benzene rings is 3. The van der Waals surface area contributed by atoms with Gasteiger partial charge >= 0.3 is 5.97 Å². The first-order valence-electron chi connectivity index (χ1n) is 12.0. The lowest BCUT2D eigenvalue weighted by Gasteiger charge is -2.14. The van der Waals surface area contributed by atoms with Crippen molar-refractivity contribution in [1.82, 2.24) is 4.98 Å². The van der Waals surface area contributed by atoms with Gasteiger partial charge in [-0.15, -0.1) is 0 Å². The molecule has 0 atom stereocenters. The molecule has 7 heteroatoms. The van der Waals surface area contributed by atoms with E-state index in [0.717, 1.165) is 5.56 Å². The van der Waals surface area contributed by atoms with E-state index in [9.17, 15) is 23.9 Å². The summed E-state index contributed by atoms with van der Waals surface area (Å²) in [6.45, 7) is 1.72. The molecule has 0 saturated heterocycles. The summed E-state index contributed by atoms with van der Waals surface area (Å²) < 4.78 is 19.2. The van der Waals surface area contributed by atoms with Crippen LogP contribution in [0.15, 0.2) is 72.9 Å². The number of carbonyl (C=O) groups excluding carboxylic acids is 2. The number of halogens is 1. The highest BCUT2D eigenvalue weighted by atomic mass is 19.1. The number of hydrogen-bond acceptors (Lipinski definition) is 5. The van der Waals surface area contributed by atoms with Crippen molar-refractivity contribution in [2.45, 2.75) is 32.6 Å². The number of nitrogens with zero attached hydrogens (tertiary/aromatic N) is 1. The maximum Gasteiger partial charge on any atom is 0.336 e. The van der Waals surface area contributed by atoms with Gasteiger partial charge in [0.15, 0.2) is 11.6 Å². The van der Waals surface area contributed by atoms with Gasteiger partial charge in [0.1, 0.15) is 17.3 Å². The first-order chi connectivity index (χ1) is 17.7. The van der Waals surface area contributed by atoms with Crippen LogP contribution in [0, 0.1) is 18.2 Å². The van der Waals surface area contributed by atoms with E-state index < -0.39 is 11.4 Å². The van der Waals surface area contributed by atoms with Gasteiger partial charge in [0, 0.05) is 24.4 Å². The summed E-state index contributed by atoms with van der Waals surface area (Å²) >= 11 is 0. The number of aromatic carboxylic acids is 1. The number of rotatable bonds is 9. The molecule has 186 valence electrons. The molecular weight excluding hydrogens is 473 g/mol. The standard InChI is InChI=1S/C30H24FNO5/c1-18-14-24-25(17-23(18)29(35)36)32-13-10-26(24)37-22-8-4-20(5-9-22)16-28(34)30(11-12-30)27(33)15-19-2-6-21(31)7-3-19/h2-10,13-14,17H,11-12,15-16H2,1H3,(H,35,36). The summed E-state index contributed by atoms with van der Waals surface area (Å²) in [6, 6.07) is 17.9. The zero-order chi connectivity index (χ0) is 26.2. The molecule has 1 saturated carbocycles. The Bertz CT molecular complexity index is 1520. The molecule has 0 spiro atoms. The Balaban J connectivity index is 1.27. The summed E-state index contributed by atoms with van der Waals surface area (Å²) in [5, 5.41) is 10.1. The van der Waals surface area contributed by atoms with Crippen molar-refractivity contribution in [3.63, 3.8) is 0 Å². The Morgan fingerprint density at radius 3 is 2.08 bits per heavy atom. The molecule has 0 aliphatic heterocycles. The number of pyridine rings is 1. The lowest BCUT2D eigenvalue weighted by Crippen LogP contribution is -2.28. The molecule has 1 N–H and O–H groups in total. The Labute approximate surface area is 212 Å². The zero-order valence-corrected chi connectivity index (χ0v) is 20.2. The molecule has 1 heterocycles. The highest BCUT2D eigenvalue weighted by Gasteiger charge is 2.54. The SMILES string of the molecule is Cc1cc2c(Oc3ccc(CC(=O)C4(C(=O)Cc5ccc(F)cc5)CC4)cc3)ccnc2cc1C(=O)O. The second-order valence-electron chi connectivity index (χ2n) is 9.45. The summed E-state index contributed by atoms with van der Waals surface area (Å²) in [6.07, 6.45) is 2.91. The van der Waals surface area contributed by atoms with Gasteiger partial charge in [0.05, 0.1) is 16.5 Å². The Morgan fingerprint density at radius 2 is 1.51 bits per heavy atom. The van der Waals surface area contributed by atoms with Crippen LogP contribution in [-0.4, -0.2) is 27.6 Å². The zero-order valence-electron chi connectivity index (χ0n) is 20.2. The minimum absolute atomic E-state index is 0.0990. The maximum absolute atomic E-state index is 13.1. The predicted octanol–water partition coefficient (Wildman–Crippen LogP) is 5.88.